The second kappa shape index (κ2) is 7.52. The molecule has 0 aliphatic heterocycles. The van der Waals surface area contributed by atoms with E-state index in [2.05, 4.69) is 54.2 Å². The summed E-state index contributed by atoms with van der Waals surface area (Å²) >= 11 is 3.52. The predicted octanol–water partition coefficient (Wildman–Crippen LogP) is 4.02. The molecule has 1 rings (SSSR count). The Kier molecular flexibility index (Phi) is 6.33. The van der Waals surface area contributed by atoms with Crippen LogP contribution < -0.4 is 10.1 Å². The van der Waals surface area contributed by atoms with Gasteiger partial charge in [0.15, 0.2) is 0 Å². The second-order valence-corrected chi connectivity index (χ2v) is 6.30. The standard InChI is InChI=1S/C15H21BrN2O/c1-15(2,3)18-11-12-7-6-8-13(16)14(12)19-10-5-4-9-17/h6-8,18H,4-5,10-11H2,1-3H3. The van der Waals surface area contributed by atoms with Crippen LogP contribution in [0.3, 0.4) is 0 Å². The van der Waals surface area contributed by atoms with E-state index in [1.165, 1.54) is 0 Å². The molecular formula is C15H21BrN2O. The molecule has 1 N–H and O–H groups in total. The van der Waals surface area contributed by atoms with E-state index < -0.39 is 0 Å². The molecule has 0 aliphatic carbocycles. The third-order valence-electron chi connectivity index (χ3n) is 2.54. The number of hydrogen-bond donors (Lipinski definition) is 1. The van der Waals surface area contributed by atoms with E-state index in [1.807, 2.05) is 12.1 Å². The van der Waals surface area contributed by atoms with Gasteiger partial charge in [0.05, 0.1) is 17.1 Å². The molecule has 19 heavy (non-hydrogen) atoms. The SMILES string of the molecule is CC(C)(C)NCc1cccc(Br)c1OCCCC#N. The summed E-state index contributed by atoms with van der Waals surface area (Å²) in [4.78, 5) is 0. The van der Waals surface area contributed by atoms with Crippen LogP contribution in [0.25, 0.3) is 0 Å². The third kappa shape index (κ3) is 6.09. The van der Waals surface area contributed by atoms with E-state index in [0.717, 1.165) is 28.8 Å². The lowest BCUT2D eigenvalue weighted by atomic mass is 10.1. The first-order chi connectivity index (χ1) is 8.94. The molecule has 0 atom stereocenters. The largest absolute Gasteiger partial charge is 0.492 e. The van der Waals surface area contributed by atoms with E-state index >= 15 is 0 Å². The molecule has 0 unspecified atom stereocenters. The number of unbranched alkanes of at least 4 members (excludes halogenated alkanes) is 1. The average molecular weight is 325 g/mol. The summed E-state index contributed by atoms with van der Waals surface area (Å²) in [6, 6.07) is 8.16. The van der Waals surface area contributed by atoms with Crippen LogP contribution in [0, 0.1) is 11.3 Å². The number of halogens is 1. The molecule has 1 aromatic rings. The molecule has 0 spiro atoms. The lowest BCUT2D eigenvalue weighted by Gasteiger charge is -2.22. The highest BCUT2D eigenvalue weighted by Crippen LogP contribution is 2.29. The van der Waals surface area contributed by atoms with Crippen LogP contribution >= 0.6 is 15.9 Å². The van der Waals surface area contributed by atoms with Crippen molar-refractivity contribution in [2.24, 2.45) is 0 Å². The van der Waals surface area contributed by atoms with Gasteiger partial charge in [-0.15, -0.1) is 0 Å². The van der Waals surface area contributed by atoms with Crippen molar-refractivity contribution in [3.05, 3.63) is 28.2 Å². The summed E-state index contributed by atoms with van der Waals surface area (Å²) in [7, 11) is 0. The van der Waals surface area contributed by atoms with Crippen LogP contribution in [0.1, 0.15) is 39.2 Å². The molecule has 0 bridgehead atoms. The maximum atomic E-state index is 8.52. The van der Waals surface area contributed by atoms with Crippen LogP contribution in [0.4, 0.5) is 0 Å². The number of hydrogen-bond acceptors (Lipinski definition) is 3. The van der Waals surface area contributed by atoms with Crippen molar-refractivity contribution in [2.45, 2.75) is 45.7 Å². The quantitative estimate of drug-likeness (QED) is 0.804. The van der Waals surface area contributed by atoms with E-state index in [4.69, 9.17) is 10.00 Å². The summed E-state index contributed by atoms with van der Waals surface area (Å²) in [5.74, 6) is 0.872. The Labute approximate surface area is 124 Å². The number of rotatable bonds is 6. The van der Waals surface area contributed by atoms with Crippen LogP contribution in [-0.2, 0) is 6.54 Å². The molecule has 0 saturated heterocycles. The fourth-order valence-corrected chi connectivity index (χ4v) is 2.06. The Hall–Kier alpha value is -1.05. The maximum absolute atomic E-state index is 8.52. The summed E-state index contributed by atoms with van der Waals surface area (Å²) in [5.41, 5.74) is 1.20. The van der Waals surface area contributed by atoms with Crippen molar-refractivity contribution in [2.75, 3.05) is 6.61 Å². The van der Waals surface area contributed by atoms with Crippen molar-refractivity contribution in [1.29, 1.82) is 5.26 Å². The van der Waals surface area contributed by atoms with Gasteiger partial charge in [-0.3, -0.25) is 0 Å². The first-order valence-electron chi connectivity index (χ1n) is 6.46. The zero-order chi connectivity index (χ0) is 14.3. The van der Waals surface area contributed by atoms with Gasteiger partial charge < -0.3 is 10.1 Å². The lowest BCUT2D eigenvalue weighted by molar-refractivity contribution is 0.305. The molecule has 0 heterocycles. The van der Waals surface area contributed by atoms with E-state index in [-0.39, 0.29) is 5.54 Å². The number of nitrogens with zero attached hydrogens (tertiary/aromatic N) is 1. The van der Waals surface area contributed by atoms with Gasteiger partial charge in [-0.2, -0.15) is 5.26 Å². The Morgan fingerprint density at radius 3 is 2.74 bits per heavy atom. The smallest absolute Gasteiger partial charge is 0.137 e. The number of nitriles is 1. The summed E-state index contributed by atoms with van der Waals surface area (Å²) in [6.45, 7) is 7.74. The molecule has 1 aromatic carbocycles. The molecule has 0 fully saturated rings. The summed E-state index contributed by atoms with van der Waals surface area (Å²) < 4.78 is 6.75. The zero-order valence-corrected chi connectivity index (χ0v) is 13.4. The van der Waals surface area contributed by atoms with Gasteiger partial charge in [0.1, 0.15) is 5.75 Å². The minimum atomic E-state index is 0.0698. The maximum Gasteiger partial charge on any atom is 0.137 e. The highest BCUT2D eigenvalue weighted by atomic mass is 79.9. The minimum Gasteiger partial charge on any atom is -0.492 e. The van der Waals surface area contributed by atoms with E-state index in [0.29, 0.717) is 13.0 Å². The number of ether oxygens (including phenoxy) is 1. The molecule has 3 nitrogen and oxygen atoms in total. The normalized spacial score (nSPS) is 11.1. The first kappa shape index (κ1) is 16.0. The molecule has 4 heteroatoms. The van der Waals surface area contributed by atoms with Gasteiger partial charge in [0.2, 0.25) is 0 Å². The molecular weight excluding hydrogens is 304 g/mol. The van der Waals surface area contributed by atoms with Gasteiger partial charge in [-0.25, -0.2) is 0 Å². The van der Waals surface area contributed by atoms with Gasteiger partial charge in [-0.05, 0) is 49.2 Å². The van der Waals surface area contributed by atoms with Gasteiger partial charge in [-0.1, -0.05) is 12.1 Å². The lowest BCUT2D eigenvalue weighted by Crippen LogP contribution is -2.35. The van der Waals surface area contributed by atoms with E-state index in [9.17, 15) is 0 Å². The summed E-state index contributed by atoms with van der Waals surface area (Å²) in [6.07, 6.45) is 1.28. The van der Waals surface area contributed by atoms with Crippen molar-refractivity contribution in [3.8, 4) is 11.8 Å². The molecule has 0 radical (unpaired) electrons. The Bertz CT molecular complexity index is 446. The number of nitrogens with one attached hydrogen (secondary N) is 1. The van der Waals surface area contributed by atoms with Gasteiger partial charge >= 0.3 is 0 Å². The molecule has 0 saturated carbocycles. The van der Waals surface area contributed by atoms with E-state index in [1.54, 1.807) is 0 Å². The number of benzene rings is 1. The minimum absolute atomic E-state index is 0.0698. The first-order valence-corrected chi connectivity index (χ1v) is 7.25. The zero-order valence-electron chi connectivity index (χ0n) is 11.8. The highest BCUT2D eigenvalue weighted by Gasteiger charge is 2.12. The highest BCUT2D eigenvalue weighted by molar-refractivity contribution is 9.10. The topological polar surface area (TPSA) is 45.0 Å². The fourth-order valence-electron chi connectivity index (χ4n) is 1.54. The van der Waals surface area contributed by atoms with Crippen LogP contribution in [0.15, 0.2) is 22.7 Å². The molecule has 0 aromatic heterocycles. The van der Waals surface area contributed by atoms with Crippen molar-refractivity contribution in [3.63, 3.8) is 0 Å². The third-order valence-corrected chi connectivity index (χ3v) is 3.16. The average Bonchev–Trinajstić information content (AvgIpc) is 2.33. The Morgan fingerprint density at radius 1 is 1.37 bits per heavy atom. The number of para-hydroxylation sites is 1. The fraction of sp³-hybridized carbons (Fsp3) is 0.533. The summed E-state index contributed by atoms with van der Waals surface area (Å²) in [5, 5.41) is 12.0. The Morgan fingerprint density at radius 2 is 2.11 bits per heavy atom. The monoisotopic (exact) mass is 324 g/mol. The van der Waals surface area contributed by atoms with Gasteiger partial charge in [0.25, 0.3) is 0 Å². The van der Waals surface area contributed by atoms with Crippen LogP contribution in [-0.4, -0.2) is 12.1 Å². The van der Waals surface area contributed by atoms with Crippen LogP contribution in [0.2, 0.25) is 0 Å². The molecule has 0 amide bonds. The molecule has 104 valence electrons. The van der Waals surface area contributed by atoms with Crippen molar-refractivity contribution in [1.82, 2.24) is 5.32 Å². The van der Waals surface area contributed by atoms with Crippen molar-refractivity contribution >= 4 is 15.9 Å². The van der Waals surface area contributed by atoms with Crippen molar-refractivity contribution < 1.29 is 4.74 Å². The molecule has 0 aliphatic rings. The predicted molar refractivity (Wildman–Crippen MR) is 81.1 cm³/mol. The second-order valence-electron chi connectivity index (χ2n) is 5.44. The Balaban J connectivity index is 2.69. The van der Waals surface area contributed by atoms with Gasteiger partial charge in [0, 0.05) is 24.1 Å². The van der Waals surface area contributed by atoms with Crippen LogP contribution in [0.5, 0.6) is 5.75 Å².